The fraction of sp³-hybridized carbons (Fsp3) is 0.652. The van der Waals surface area contributed by atoms with Crippen molar-refractivity contribution in [1.82, 2.24) is 4.90 Å². The third-order valence-corrected chi connectivity index (χ3v) is 6.05. The van der Waals surface area contributed by atoms with Crippen molar-refractivity contribution < 1.29 is 23.8 Å². The van der Waals surface area contributed by atoms with Crippen LogP contribution in [0.25, 0.3) is 0 Å². The molecule has 0 radical (unpaired) electrons. The van der Waals surface area contributed by atoms with Gasteiger partial charge in [0.2, 0.25) is 0 Å². The minimum Gasteiger partial charge on any atom is -0.444 e. The molecule has 3 saturated heterocycles. The van der Waals surface area contributed by atoms with Gasteiger partial charge in [-0.2, -0.15) is 0 Å². The average Bonchev–Trinajstić information content (AvgIpc) is 3.19. The van der Waals surface area contributed by atoms with Crippen molar-refractivity contribution in [2.45, 2.75) is 76.9 Å². The van der Waals surface area contributed by atoms with E-state index in [1.165, 1.54) is 0 Å². The zero-order valence-corrected chi connectivity index (χ0v) is 17.6. The molecule has 0 spiro atoms. The van der Waals surface area contributed by atoms with Crippen LogP contribution in [0.1, 0.15) is 75.1 Å². The maximum atomic E-state index is 13.5. The summed E-state index contributed by atoms with van der Waals surface area (Å²) < 4.78 is 16.9. The van der Waals surface area contributed by atoms with E-state index in [1.807, 2.05) is 49.9 Å². The van der Waals surface area contributed by atoms with Crippen LogP contribution in [0.3, 0.4) is 0 Å². The minimum atomic E-state index is -0.516. The van der Waals surface area contributed by atoms with Gasteiger partial charge in [-0.3, -0.25) is 4.79 Å². The molecule has 3 fully saturated rings. The van der Waals surface area contributed by atoms with E-state index in [4.69, 9.17) is 14.2 Å². The summed E-state index contributed by atoms with van der Waals surface area (Å²) in [5.74, 6) is 0.0481. The smallest absolute Gasteiger partial charge is 0.410 e. The van der Waals surface area contributed by atoms with Crippen LogP contribution < -0.4 is 0 Å². The van der Waals surface area contributed by atoms with Crippen molar-refractivity contribution in [3.05, 3.63) is 35.4 Å². The Morgan fingerprint density at radius 1 is 1.03 bits per heavy atom. The van der Waals surface area contributed by atoms with Crippen LogP contribution in [-0.2, 0) is 14.2 Å². The molecule has 4 rings (SSSR count). The summed E-state index contributed by atoms with van der Waals surface area (Å²) in [7, 11) is 0. The molecule has 0 N–H and O–H groups in total. The van der Waals surface area contributed by atoms with E-state index < -0.39 is 11.9 Å². The number of fused-ring (bicyclic) bond motifs is 2. The fourth-order valence-electron chi connectivity index (χ4n) is 4.89. The highest BCUT2D eigenvalue weighted by Gasteiger charge is 2.44. The number of Topliss-reactive ketones (excluding diaryl/α,β-unsaturated/α-hetero) is 1. The first kappa shape index (κ1) is 20.4. The highest BCUT2D eigenvalue weighted by Crippen LogP contribution is 2.40. The highest BCUT2D eigenvalue weighted by atomic mass is 16.7. The number of rotatable bonds is 3. The van der Waals surface area contributed by atoms with Gasteiger partial charge in [0.05, 0.1) is 13.2 Å². The van der Waals surface area contributed by atoms with Gasteiger partial charge in [-0.25, -0.2) is 4.79 Å². The van der Waals surface area contributed by atoms with Crippen molar-refractivity contribution in [3.63, 3.8) is 0 Å². The number of carbonyl (C=O) groups excluding carboxylic acids is 2. The predicted octanol–water partition coefficient (Wildman–Crippen LogP) is 4.48. The molecule has 3 aliphatic heterocycles. The van der Waals surface area contributed by atoms with Crippen LogP contribution in [0.15, 0.2) is 24.3 Å². The molecule has 3 heterocycles. The SMILES string of the molecule is CC(C)(C)OC(=O)N1C2CCCC1CC(C(=O)c1ccccc1C1OCCO1)C2. The Hall–Kier alpha value is -1.92. The Morgan fingerprint density at radius 2 is 1.66 bits per heavy atom. The summed E-state index contributed by atoms with van der Waals surface area (Å²) in [6.45, 7) is 6.76. The number of hydrogen-bond acceptors (Lipinski definition) is 5. The van der Waals surface area contributed by atoms with Crippen molar-refractivity contribution in [2.24, 2.45) is 5.92 Å². The van der Waals surface area contributed by atoms with Gasteiger partial charge in [0, 0.05) is 29.1 Å². The second-order valence-corrected chi connectivity index (χ2v) is 9.32. The van der Waals surface area contributed by atoms with Gasteiger partial charge in [-0.1, -0.05) is 24.3 Å². The van der Waals surface area contributed by atoms with E-state index in [0.29, 0.717) is 31.6 Å². The maximum absolute atomic E-state index is 13.5. The molecule has 0 aromatic heterocycles. The van der Waals surface area contributed by atoms with Crippen molar-refractivity contribution >= 4 is 11.9 Å². The largest absolute Gasteiger partial charge is 0.444 e. The average molecular weight is 402 g/mol. The topological polar surface area (TPSA) is 65.1 Å². The second kappa shape index (κ2) is 8.07. The lowest BCUT2D eigenvalue weighted by Crippen LogP contribution is -2.56. The van der Waals surface area contributed by atoms with Crippen molar-refractivity contribution in [2.75, 3.05) is 13.2 Å². The molecule has 1 aromatic carbocycles. The molecule has 0 aliphatic carbocycles. The first-order valence-electron chi connectivity index (χ1n) is 10.7. The molecule has 1 aromatic rings. The van der Waals surface area contributed by atoms with Gasteiger partial charge in [0.1, 0.15) is 5.60 Å². The number of piperidine rings is 2. The van der Waals surface area contributed by atoms with Crippen molar-refractivity contribution in [1.29, 1.82) is 0 Å². The third-order valence-electron chi connectivity index (χ3n) is 6.05. The Balaban J connectivity index is 1.52. The van der Waals surface area contributed by atoms with Crippen LogP contribution in [0.2, 0.25) is 0 Å². The third kappa shape index (κ3) is 4.33. The van der Waals surface area contributed by atoms with Crippen LogP contribution in [0, 0.1) is 5.92 Å². The van der Waals surface area contributed by atoms with E-state index in [1.54, 1.807) is 0 Å². The highest BCUT2D eigenvalue weighted by molar-refractivity contribution is 5.99. The number of hydrogen-bond donors (Lipinski definition) is 0. The van der Waals surface area contributed by atoms with Gasteiger partial charge in [-0.05, 0) is 52.9 Å². The Labute approximate surface area is 172 Å². The van der Waals surface area contributed by atoms with Gasteiger partial charge < -0.3 is 19.1 Å². The summed E-state index contributed by atoms with van der Waals surface area (Å²) in [6.07, 6.45) is 3.62. The van der Waals surface area contributed by atoms with E-state index in [9.17, 15) is 9.59 Å². The molecule has 2 atom stereocenters. The summed E-state index contributed by atoms with van der Waals surface area (Å²) >= 11 is 0. The maximum Gasteiger partial charge on any atom is 0.410 e. The first-order valence-corrected chi connectivity index (χ1v) is 10.7. The molecular formula is C23H31NO5. The summed E-state index contributed by atoms with van der Waals surface area (Å²) in [4.78, 5) is 28.2. The molecule has 29 heavy (non-hydrogen) atoms. The lowest BCUT2D eigenvalue weighted by atomic mass is 9.75. The summed E-state index contributed by atoms with van der Waals surface area (Å²) in [6, 6.07) is 7.73. The van der Waals surface area contributed by atoms with Gasteiger partial charge >= 0.3 is 6.09 Å². The van der Waals surface area contributed by atoms with E-state index in [-0.39, 0.29) is 29.9 Å². The number of ether oxygens (including phenoxy) is 3. The molecule has 6 nitrogen and oxygen atoms in total. The number of benzene rings is 1. The van der Waals surface area contributed by atoms with Crippen LogP contribution in [-0.4, -0.2) is 47.7 Å². The summed E-state index contributed by atoms with van der Waals surface area (Å²) in [5, 5.41) is 0. The zero-order chi connectivity index (χ0) is 20.6. The fourth-order valence-corrected chi connectivity index (χ4v) is 4.89. The van der Waals surface area contributed by atoms with Gasteiger partial charge in [0.25, 0.3) is 0 Å². The lowest BCUT2D eigenvalue weighted by molar-refractivity contribution is -0.0447. The molecule has 6 heteroatoms. The van der Waals surface area contributed by atoms with Gasteiger partial charge in [0.15, 0.2) is 12.1 Å². The second-order valence-electron chi connectivity index (χ2n) is 9.32. The minimum absolute atomic E-state index is 0.0671. The summed E-state index contributed by atoms with van der Waals surface area (Å²) in [5.41, 5.74) is 0.987. The lowest BCUT2D eigenvalue weighted by Gasteiger charge is -2.48. The van der Waals surface area contributed by atoms with Gasteiger partial charge in [-0.15, -0.1) is 0 Å². The Bertz CT molecular complexity index is 751. The number of amides is 1. The monoisotopic (exact) mass is 401 g/mol. The van der Waals surface area contributed by atoms with Crippen LogP contribution in [0.4, 0.5) is 4.79 Å². The van der Waals surface area contributed by atoms with Crippen LogP contribution >= 0.6 is 0 Å². The molecule has 1 amide bonds. The predicted molar refractivity (Wildman–Crippen MR) is 108 cm³/mol. The zero-order valence-electron chi connectivity index (χ0n) is 17.6. The van der Waals surface area contributed by atoms with Crippen LogP contribution in [0.5, 0.6) is 0 Å². The molecule has 158 valence electrons. The van der Waals surface area contributed by atoms with E-state index in [2.05, 4.69) is 0 Å². The Kier molecular flexibility index (Phi) is 5.67. The number of nitrogens with zero attached hydrogens (tertiary/aromatic N) is 1. The van der Waals surface area contributed by atoms with E-state index >= 15 is 0 Å². The normalized spacial score (nSPS) is 27.7. The molecular weight excluding hydrogens is 370 g/mol. The molecule has 2 bridgehead atoms. The van der Waals surface area contributed by atoms with Crippen molar-refractivity contribution in [3.8, 4) is 0 Å². The number of ketones is 1. The molecule has 3 aliphatic rings. The quantitative estimate of drug-likeness (QED) is 0.699. The molecule has 2 unspecified atom stereocenters. The Morgan fingerprint density at radius 3 is 2.28 bits per heavy atom. The standard InChI is InChI=1S/C23H31NO5/c1-23(2,3)29-22(26)24-16-7-6-8-17(24)14-15(13-16)20(25)18-9-4-5-10-19(18)21-27-11-12-28-21/h4-5,9-10,15-17,21H,6-8,11-14H2,1-3H3. The molecule has 0 saturated carbocycles. The number of carbonyl (C=O) groups is 2. The first-order chi connectivity index (χ1) is 13.8. The van der Waals surface area contributed by atoms with E-state index in [0.717, 1.165) is 24.8 Å².